The maximum atomic E-state index is 16.4. The zero-order valence-corrected chi connectivity index (χ0v) is 27.7. The zero-order chi connectivity index (χ0) is 33.3. The van der Waals surface area contributed by atoms with Crippen LogP contribution < -0.4 is 9.64 Å². The molecule has 9 heteroatoms. The number of hydrogen-bond donors (Lipinski definition) is 1. The van der Waals surface area contributed by atoms with Gasteiger partial charge in [0.05, 0.1) is 12.6 Å². The number of ether oxygens (including phenoxy) is 1. The molecule has 3 heterocycles. The van der Waals surface area contributed by atoms with Crippen molar-refractivity contribution in [3.05, 3.63) is 94.6 Å². The average molecular weight is 650 g/mol. The van der Waals surface area contributed by atoms with Crippen LogP contribution in [-0.2, 0) is 17.8 Å². The molecule has 2 saturated heterocycles. The first-order chi connectivity index (χ1) is 22.4. The van der Waals surface area contributed by atoms with Crippen LogP contribution in [0.1, 0.15) is 74.8 Å². The summed E-state index contributed by atoms with van der Waals surface area (Å²) in [6, 6.07) is 17.5. The van der Waals surface area contributed by atoms with E-state index in [0.717, 1.165) is 42.4 Å². The predicted molar refractivity (Wildman–Crippen MR) is 178 cm³/mol. The lowest BCUT2D eigenvalue weighted by Gasteiger charge is -2.48. The van der Waals surface area contributed by atoms with Crippen molar-refractivity contribution >= 4 is 11.7 Å². The van der Waals surface area contributed by atoms with Gasteiger partial charge in [-0.15, -0.1) is 0 Å². The Hall–Kier alpha value is -3.56. The van der Waals surface area contributed by atoms with Crippen molar-refractivity contribution in [3.8, 4) is 5.75 Å². The van der Waals surface area contributed by atoms with Crippen molar-refractivity contribution in [2.24, 2.45) is 5.41 Å². The molecule has 6 nitrogen and oxygen atoms in total. The summed E-state index contributed by atoms with van der Waals surface area (Å²) in [5.41, 5.74) is 1.63. The van der Waals surface area contributed by atoms with Crippen molar-refractivity contribution < 1.29 is 27.8 Å². The fraction of sp³-hybridized carbons (Fsp3) is 0.500. The fourth-order valence-corrected chi connectivity index (χ4v) is 7.96. The molecule has 2 atom stereocenters. The summed E-state index contributed by atoms with van der Waals surface area (Å²) in [4.78, 5) is 17.1. The van der Waals surface area contributed by atoms with Crippen LogP contribution in [0.2, 0.25) is 0 Å². The summed E-state index contributed by atoms with van der Waals surface area (Å²) in [7, 11) is 0. The van der Waals surface area contributed by atoms with Crippen LogP contribution in [0.3, 0.4) is 0 Å². The highest BCUT2D eigenvalue weighted by atomic mass is 19.1. The van der Waals surface area contributed by atoms with Gasteiger partial charge in [0.2, 0.25) is 0 Å². The number of hydrogen-bond acceptors (Lipinski definition) is 5. The number of piperidine rings is 2. The van der Waals surface area contributed by atoms with Crippen LogP contribution in [0.15, 0.2) is 60.7 Å². The number of rotatable bonds is 9. The lowest BCUT2D eigenvalue weighted by molar-refractivity contribution is -0.139. The number of halogens is 3. The highest BCUT2D eigenvalue weighted by Gasteiger charge is 2.41. The number of carboxylic acids is 1. The van der Waals surface area contributed by atoms with Crippen LogP contribution in [-0.4, -0.2) is 71.9 Å². The zero-order valence-electron chi connectivity index (χ0n) is 27.7. The van der Waals surface area contributed by atoms with E-state index in [0.29, 0.717) is 50.6 Å². The van der Waals surface area contributed by atoms with Gasteiger partial charge in [0, 0.05) is 36.9 Å². The van der Waals surface area contributed by atoms with Crippen molar-refractivity contribution in [1.29, 1.82) is 0 Å². The average Bonchev–Trinajstić information content (AvgIpc) is 3.02. The molecule has 0 aromatic heterocycles. The Labute approximate surface area is 276 Å². The van der Waals surface area contributed by atoms with Gasteiger partial charge in [-0.1, -0.05) is 36.4 Å². The van der Waals surface area contributed by atoms with E-state index in [1.807, 2.05) is 65.3 Å². The predicted octanol–water partition coefficient (Wildman–Crippen LogP) is 7.39. The monoisotopic (exact) mass is 649 g/mol. The molecule has 3 aromatic rings. The van der Waals surface area contributed by atoms with Crippen molar-refractivity contribution in [1.82, 2.24) is 9.80 Å². The molecule has 1 unspecified atom stereocenters. The summed E-state index contributed by atoms with van der Waals surface area (Å²) in [5.74, 6) is -1.40. The molecule has 1 N–H and O–H groups in total. The minimum Gasteiger partial charge on any atom is -0.489 e. The van der Waals surface area contributed by atoms with Gasteiger partial charge in [-0.2, -0.15) is 0 Å². The minimum absolute atomic E-state index is 0.000413. The van der Waals surface area contributed by atoms with Crippen molar-refractivity contribution in [2.75, 3.05) is 44.2 Å². The second-order valence-corrected chi connectivity index (χ2v) is 14.5. The molecule has 0 saturated carbocycles. The second-order valence-electron chi connectivity index (χ2n) is 14.5. The second kappa shape index (κ2) is 13.5. The van der Waals surface area contributed by atoms with E-state index in [4.69, 9.17) is 4.74 Å². The molecular weight excluding hydrogens is 603 g/mol. The third-order valence-corrected chi connectivity index (χ3v) is 10.3. The molecule has 47 heavy (non-hydrogen) atoms. The van der Waals surface area contributed by atoms with E-state index in [1.54, 1.807) is 0 Å². The first-order valence-corrected chi connectivity index (χ1v) is 16.8. The Balaban J connectivity index is 1.28. The first kappa shape index (κ1) is 33.3. The number of anilines is 1. The maximum Gasteiger partial charge on any atom is 0.317 e. The Bertz CT molecular complexity index is 1550. The molecule has 252 valence electrons. The first-order valence-electron chi connectivity index (χ1n) is 16.8. The number of carboxylic acid groups (broad SMARTS) is 1. The maximum absolute atomic E-state index is 16.4. The molecule has 2 fully saturated rings. The third kappa shape index (κ3) is 7.62. The van der Waals surface area contributed by atoms with Crippen LogP contribution in [0, 0.1) is 17.0 Å². The van der Waals surface area contributed by atoms with E-state index >= 15 is 13.2 Å². The highest BCUT2D eigenvalue weighted by Crippen LogP contribution is 2.45. The van der Waals surface area contributed by atoms with Gasteiger partial charge < -0.3 is 14.7 Å². The number of alkyl halides is 1. The summed E-state index contributed by atoms with van der Waals surface area (Å²) >= 11 is 0. The number of benzene rings is 3. The van der Waals surface area contributed by atoms with Gasteiger partial charge in [0.25, 0.3) is 0 Å². The minimum atomic E-state index is -1.57. The van der Waals surface area contributed by atoms with Gasteiger partial charge in [0.15, 0.2) is 0 Å². The molecule has 6 rings (SSSR count). The third-order valence-electron chi connectivity index (χ3n) is 10.3. The Morgan fingerprint density at radius 3 is 2.36 bits per heavy atom. The number of nitrogens with zero attached hydrogens (tertiary/aromatic N) is 3. The topological polar surface area (TPSA) is 56.3 Å². The lowest BCUT2D eigenvalue weighted by Crippen LogP contribution is -2.50. The molecule has 3 aliphatic heterocycles. The van der Waals surface area contributed by atoms with Crippen LogP contribution in [0.4, 0.5) is 18.9 Å². The summed E-state index contributed by atoms with van der Waals surface area (Å²) in [5, 5.41) is 9.19. The van der Waals surface area contributed by atoms with Gasteiger partial charge in [-0.25, -0.2) is 13.2 Å². The van der Waals surface area contributed by atoms with E-state index < -0.39 is 29.3 Å². The van der Waals surface area contributed by atoms with Crippen molar-refractivity contribution in [3.63, 3.8) is 0 Å². The quantitative estimate of drug-likeness (QED) is 0.261. The Morgan fingerprint density at radius 1 is 1.00 bits per heavy atom. The van der Waals surface area contributed by atoms with E-state index in [2.05, 4.69) is 4.90 Å². The van der Waals surface area contributed by atoms with Crippen LogP contribution in [0.25, 0.3) is 0 Å². The summed E-state index contributed by atoms with van der Waals surface area (Å²) in [6.07, 6.45) is 4.26. The molecule has 3 aliphatic rings. The summed E-state index contributed by atoms with van der Waals surface area (Å²) < 4.78 is 54.1. The Kier molecular flexibility index (Phi) is 9.59. The number of carbonyl (C=O) groups is 1. The largest absolute Gasteiger partial charge is 0.489 e. The van der Waals surface area contributed by atoms with Crippen molar-refractivity contribution in [2.45, 2.75) is 77.2 Å². The number of aliphatic carboxylic acids is 1. The summed E-state index contributed by atoms with van der Waals surface area (Å²) in [6.45, 7) is 8.27. The van der Waals surface area contributed by atoms with E-state index in [-0.39, 0.29) is 30.1 Å². The molecule has 0 radical (unpaired) electrons. The standard InChI is InChI=1S/C38H46F3N3O3/c1-26-18-28-19-30(47-23-27-8-5-4-6-9-27)10-11-31(28)36(44(26)24-37(2,3)41)35-32(39)20-29(21-33(35)40)43-15-7-12-38(25-43)13-16-42(17-14-38)22-34(45)46/h4-6,8-11,19-21,26,36H,7,12-18,22-25H2,1-3H3,(H,45,46)/t26-,36?/m1/s1. The molecule has 3 aromatic carbocycles. The van der Waals surface area contributed by atoms with Gasteiger partial charge in [-0.05, 0) is 112 Å². The molecular formula is C38H46F3N3O3. The van der Waals surface area contributed by atoms with Gasteiger partial charge in [-0.3, -0.25) is 14.6 Å². The van der Waals surface area contributed by atoms with Gasteiger partial charge in [0.1, 0.15) is 29.7 Å². The number of fused-ring (bicyclic) bond motifs is 1. The van der Waals surface area contributed by atoms with E-state index in [1.165, 1.54) is 26.0 Å². The number of likely N-dealkylation sites (tertiary alicyclic amines) is 1. The fourth-order valence-electron chi connectivity index (χ4n) is 7.96. The SMILES string of the molecule is C[C@@H]1Cc2cc(OCc3ccccc3)ccc2C(c2c(F)cc(N3CCCC4(CCN(CC(=O)O)CC4)C3)cc2F)N1CC(C)(C)F. The molecule has 0 bridgehead atoms. The van der Waals surface area contributed by atoms with Gasteiger partial charge >= 0.3 is 5.97 Å². The molecule has 1 spiro atoms. The smallest absolute Gasteiger partial charge is 0.317 e. The van der Waals surface area contributed by atoms with Crippen LogP contribution in [0.5, 0.6) is 5.75 Å². The normalized spacial score (nSPS) is 21.9. The van der Waals surface area contributed by atoms with E-state index in [9.17, 15) is 9.90 Å². The highest BCUT2D eigenvalue weighted by molar-refractivity contribution is 5.69. The molecule has 0 aliphatic carbocycles. The lowest BCUT2D eigenvalue weighted by atomic mass is 9.72. The Morgan fingerprint density at radius 2 is 1.70 bits per heavy atom. The van der Waals surface area contributed by atoms with Crippen LogP contribution >= 0.6 is 0 Å². The molecule has 0 amide bonds.